The molecule has 0 spiro atoms. The lowest BCUT2D eigenvalue weighted by atomic mass is 10.5. The van der Waals surface area contributed by atoms with Crippen LogP contribution < -0.4 is 0 Å². The standard InChI is InChI=1S/C9H16O6S2/c1-14-9(5-6-9)17(12,13)8(3-4-8)7-15-16(2,10)11/h3-7H2,1-2H3. The molecular formula is C9H16O6S2. The van der Waals surface area contributed by atoms with Gasteiger partial charge in [0.1, 0.15) is 4.75 Å². The molecule has 17 heavy (non-hydrogen) atoms. The summed E-state index contributed by atoms with van der Waals surface area (Å²) in [5, 5.41) is 0. The van der Waals surface area contributed by atoms with E-state index in [9.17, 15) is 16.8 Å². The van der Waals surface area contributed by atoms with E-state index in [0.717, 1.165) is 6.26 Å². The van der Waals surface area contributed by atoms with Crippen LogP contribution in [0.1, 0.15) is 25.7 Å². The van der Waals surface area contributed by atoms with E-state index >= 15 is 0 Å². The minimum Gasteiger partial charge on any atom is -0.362 e. The topological polar surface area (TPSA) is 86.7 Å². The highest BCUT2D eigenvalue weighted by Gasteiger charge is 2.68. The monoisotopic (exact) mass is 284 g/mol. The van der Waals surface area contributed by atoms with Crippen LogP contribution in [0.25, 0.3) is 0 Å². The number of rotatable bonds is 6. The van der Waals surface area contributed by atoms with Crippen LogP contribution in [-0.2, 0) is 28.9 Å². The lowest BCUT2D eigenvalue weighted by Crippen LogP contribution is -2.40. The third-order valence-corrected chi connectivity index (χ3v) is 7.20. The van der Waals surface area contributed by atoms with Crippen molar-refractivity contribution in [3.05, 3.63) is 0 Å². The maximum Gasteiger partial charge on any atom is 0.264 e. The minimum absolute atomic E-state index is 0.292. The molecule has 0 amide bonds. The Morgan fingerprint density at radius 3 is 1.88 bits per heavy atom. The molecule has 0 aromatic heterocycles. The van der Waals surface area contributed by atoms with Crippen LogP contribution in [0.3, 0.4) is 0 Å². The SMILES string of the molecule is COC1(S(=O)(=O)C2(COS(C)(=O)=O)CC2)CC1. The molecule has 0 atom stereocenters. The second-order valence-corrected chi connectivity index (χ2v) is 9.03. The fraction of sp³-hybridized carbons (Fsp3) is 1.00. The Balaban J connectivity index is 2.17. The van der Waals surface area contributed by atoms with Gasteiger partial charge in [0, 0.05) is 7.11 Å². The van der Waals surface area contributed by atoms with Crippen LogP contribution in [0.5, 0.6) is 0 Å². The quantitative estimate of drug-likeness (QED) is 0.640. The second-order valence-electron chi connectivity index (χ2n) is 4.77. The Kier molecular flexibility index (Phi) is 2.85. The molecule has 0 bridgehead atoms. The van der Waals surface area contributed by atoms with Gasteiger partial charge in [-0.15, -0.1) is 0 Å². The molecule has 0 aromatic rings. The summed E-state index contributed by atoms with van der Waals surface area (Å²) in [6.45, 7) is -0.292. The second kappa shape index (κ2) is 3.66. The highest BCUT2D eigenvalue weighted by Crippen LogP contribution is 2.56. The zero-order valence-electron chi connectivity index (χ0n) is 9.80. The van der Waals surface area contributed by atoms with Gasteiger partial charge in [-0.2, -0.15) is 8.42 Å². The van der Waals surface area contributed by atoms with Crippen molar-refractivity contribution in [3.8, 4) is 0 Å². The Labute approximate surface area is 101 Å². The van der Waals surface area contributed by atoms with Gasteiger partial charge in [-0.05, 0) is 25.7 Å². The van der Waals surface area contributed by atoms with E-state index < -0.39 is 29.6 Å². The largest absolute Gasteiger partial charge is 0.362 e. The lowest BCUT2D eigenvalue weighted by molar-refractivity contribution is 0.143. The van der Waals surface area contributed by atoms with Crippen molar-refractivity contribution in [2.75, 3.05) is 20.0 Å². The van der Waals surface area contributed by atoms with Crippen molar-refractivity contribution in [2.45, 2.75) is 35.4 Å². The first kappa shape index (κ1) is 13.3. The zero-order valence-corrected chi connectivity index (χ0v) is 11.4. The highest BCUT2D eigenvalue weighted by molar-refractivity contribution is 7.94. The lowest BCUT2D eigenvalue weighted by Gasteiger charge is -2.22. The maximum atomic E-state index is 12.3. The average Bonchev–Trinajstić information content (AvgIpc) is 3.09. The fourth-order valence-electron chi connectivity index (χ4n) is 1.92. The normalized spacial score (nSPS) is 25.5. The van der Waals surface area contributed by atoms with Crippen molar-refractivity contribution in [1.29, 1.82) is 0 Å². The number of hydrogen-bond donors (Lipinski definition) is 0. The molecule has 0 saturated heterocycles. The van der Waals surface area contributed by atoms with Crippen LogP contribution in [0, 0.1) is 0 Å². The van der Waals surface area contributed by atoms with Gasteiger partial charge in [-0.25, -0.2) is 8.42 Å². The predicted octanol–water partition coefficient (Wildman–Crippen LogP) is 0.0465. The molecule has 2 fully saturated rings. The molecule has 100 valence electrons. The number of sulfone groups is 1. The minimum atomic E-state index is -3.61. The molecule has 2 saturated carbocycles. The average molecular weight is 284 g/mol. The summed E-state index contributed by atoms with van der Waals surface area (Å²) in [5.41, 5.74) is 0. The van der Waals surface area contributed by atoms with Crippen LogP contribution in [-0.4, -0.2) is 46.5 Å². The van der Waals surface area contributed by atoms with E-state index in [0.29, 0.717) is 25.7 Å². The molecule has 2 rings (SSSR count). The van der Waals surface area contributed by atoms with Gasteiger partial charge < -0.3 is 4.74 Å². The third kappa shape index (κ3) is 2.11. The van der Waals surface area contributed by atoms with Gasteiger partial charge in [0.05, 0.1) is 12.9 Å². The molecular weight excluding hydrogens is 268 g/mol. The van der Waals surface area contributed by atoms with Crippen molar-refractivity contribution in [1.82, 2.24) is 0 Å². The molecule has 0 N–H and O–H groups in total. The van der Waals surface area contributed by atoms with Crippen molar-refractivity contribution in [3.63, 3.8) is 0 Å². The number of methoxy groups -OCH3 is 1. The maximum absolute atomic E-state index is 12.3. The van der Waals surface area contributed by atoms with Crippen LogP contribution in [0.4, 0.5) is 0 Å². The van der Waals surface area contributed by atoms with E-state index in [1.807, 2.05) is 0 Å². The van der Waals surface area contributed by atoms with Gasteiger partial charge in [-0.1, -0.05) is 0 Å². The zero-order chi connectivity index (χ0) is 12.9. The smallest absolute Gasteiger partial charge is 0.264 e. The summed E-state index contributed by atoms with van der Waals surface area (Å²) in [6, 6.07) is 0. The molecule has 2 aliphatic carbocycles. The summed E-state index contributed by atoms with van der Waals surface area (Å²) in [6.07, 6.45) is 2.75. The highest BCUT2D eigenvalue weighted by atomic mass is 32.2. The molecule has 8 heteroatoms. The van der Waals surface area contributed by atoms with E-state index in [1.54, 1.807) is 0 Å². The Morgan fingerprint density at radius 1 is 1.06 bits per heavy atom. The van der Waals surface area contributed by atoms with Gasteiger partial charge >= 0.3 is 0 Å². The molecule has 0 aliphatic heterocycles. The first-order chi connectivity index (χ1) is 7.68. The summed E-state index contributed by atoms with van der Waals surface area (Å²) in [5.74, 6) is 0. The number of ether oxygens (including phenoxy) is 1. The summed E-state index contributed by atoms with van der Waals surface area (Å²) in [4.78, 5) is -1.09. The molecule has 2 aliphatic rings. The van der Waals surface area contributed by atoms with E-state index in [2.05, 4.69) is 4.18 Å². The Bertz CT molecular complexity index is 510. The van der Waals surface area contributed by atoms with E-state index in [4.69, 9.17) is 4.74 Å². The van der Waals surface area contributed by atoms with Crippen molar-refractivity contribution < 1.29 is 25.8 Å². The summed E-state index contributed by atoms with van der Waals surface area (Å²) >= 11 is 0. The Hall–Kier alpha value is -0.180. The Morgan fingerprint density at radius 2 is 1.59 bits per heavy atom. The van der Waals surface area contributed by atoms with Crippen LogP contribution in [0.2, 0.25) is 0 Å². The van der Waals surface area contributed by atoms with Crippen LogP contribution in [0.15, 0.2) is 0 Å². The van der Waals surface area contributed by atoms with Crippen molar-refractivity contribution >= 4 is 20.0 Å². The van der Waals surface area contributed by atoms with Gasteiger partial charge in [-0.3, -0.25) is 4.18 Å². The summed E-state index contributed by atoms with van der Waals surface area (Å²) < 4.78 is 55.2. The number of hydrogen-bond acceptors (Lipinski definition) is 6. The van der Waals surface area contributed by atoms with E-state index in [1.165, 1.54) is 7.11 Å². The third-order valence-electron chi connectivity index (χ3n) is 3.43. The first-order valence-corrected chi connectivity index (χ1v) is 8.62. The van der Waals surface area contributed by atoms with Gasteiger partial charge in [0.2, 0.25) is 0 Å². The van der Waals surface area contributed by atoms with Gasteiger partial charge in [0.25, 0.3) is 10.1 Å². The molecule has 0 heterocycles. The fourth-order valence-corrected chi connectivity index (χ4v) is 4.94. The van der Waals surface area contributed by atoms with Gasteiger partial charge in [0.15, 0.2) is 14.8 Å². The molecule has 0 aromatic carbocycles. The molecule has 6 nitrogen and oxygen atoms in total. The van der Waals surface area contributed by atoms with E-state index in [-0.39, 0.29) is 6.61 Å². The first-order valence-electron chi connectivity index (χ1n) is 5.32. The van der Waals surface area contributed by atoms with Crippen LogP contribution >= 0.6 is 0 Å². The summed E-state index contributed by atoms with van der Waals surface area (Å²) in [7, 11) is -5.74. The molecule has 0 radical (unpaired) electrons. The predicted molar refractivity (Wildman–Crippen MR) is 60.7 cm³/mol. The molecule has 0 unspecified atom stereocenters. The van der Waals surface area contributed by atoms with Crippen molar-refractivity contribution in [2.24, 2.45) is 0 Å².